The highest BCUT2D eigenvalue weighted by Gasteiger charge is 2.26. The van der Waals surface area contributed by atoms with Crippen LogP contribution in [0.3, 0.4) is 0 Å². The molecule has 1 unspecified atom stereocenters. The van der Waals surface area contributed by atoms with E-state index in [4.69, 9.17) is 15.2 Å². The summed E-state index contributed by atoms with van der Waals surface area (Å²) in [6, 6.07) is 16.8. The van der Waals surface area contributed by atoms with E-state index in [0.717, 1.165) is 16.5 Å². The summed E-state index contributed by atoms with van der Waals surface area (Å²) in [5, 5.41) is 6.69. The molecular formula is C26H19N7O2. The van der Waals surface area contributed by atoms with E-state index in [-0.39, 0.29) is 5.82 Å². The lowest BCUT2D eigenvalue weighted by Gasteiger charge is -2.18. The quantitative estimate of drug-likeness (QED) is 0.413. The SMILES string of the molecule is CC(c1oc(=O)c2ccccc2c1-c1ccccc1)n1nc(-c2cnccn2)c2c(N)ncnc21. The fourth-order valence-electron chi connectivity index (χ4n) is 4.39. The molecular weight excluding hydrogens is 442 g/mol. The van der Waals surface area contributed by atoms with Crippen molar-refractivity contribution < 1.29 is 4.42 Å². The third-order valence-corrected chi connectivity index (χ3v) is 6.00. The number of benzene rings is 2. The van der Waals surface area contributed by atoms with Gasteiger partial charge in [-0.05, 0) is 18.6 Å². The van der Waals surface area contributed by atoms with E-state index in [1.165, 1.54) is 6.33 Å². The van der Waals surface area contributed by atoms with Gasteiger partial charge in [0.15, 0.2) is 5.65 Å². The average molecular weight is 461 g/mol. The Morgan fingerprint density at radius 3 is 2.49 bits per heavy atom. The van der Waals surface area contributed by atoms with Crippen molar-refractivity contribution in [1.82, 2.24) is 29.7 Å². The molecule has 4 heterocycles. The average Bonchev–Trinajstić information content (AvgIpc) is 3.30. The molecule has 0 bridgehead atoms. The van der Waals surface area contributed by atoms with Crippen LogP contribution in [-0.4, -0.2) is 29.7 Å². The topological polar surface area (TPSA) is 126 Å². The van der Waals surface area contributed by atoms with E-state index >= 15 is 0 Å². The maximum atomic E-state index is 13.0. The van der Waals surface area contributed by atoms with Crippen molar-refractivity contribution in [1.29, 1.82) is 0 Å². The van der Waals surface area contributed by atoms with Crippen LogP contribution in [0.25, 0.3) is 44.3 Å². The molecule has 35 heavy (non-hydrogen) atoms. The van der Waals surface area contributed by atoms with Crippen molar-refractivity contribution in [2.45, 2.75) is 13.0 Å². The van der Waals surface area contributed by atoms with Crippen LogP contribution in [0.15, 0.2) is 88.7 Å². The van der Waals surface area contributed by atoms with Gasteiger partial charge in [0, 0.05) is 23.3 Å². The molecule has 2 aromatic carbocycles. The van der Waals surface area contributed by atoms with Gasteiger partial charge in [0.2, 0.25) is 0 Å². The monoisotopic (exact) mass is 461 g/mol. The molecule has 0 fully saturated rings. The van der Waals surface area contributed by atoms with Gasteiger partial charge in [0.05, 0.1) is 17.0 Å². The Kier molecular flexibility index (Phi) is 4.81. The van der Waals surface area contributed by atoms with Crippen molar-refractivity contribution in [3.63, 3.8) is 0 Å². The Morgan fingerprint density at radius 2 is 1.71 bits per heavy atom. The summed E-state index contributed by atoms with van der Waals surface area (Å²) in [6.07, 6.45) is 6.16. The second-order valence-corrected chi connectivity index (χ2v) is 8.06. The van der Waals surface area contributed by atoms with Crippen molar-refractivity contribution in [3.8, 4) is 22.5 Å². The zero-order valence-corrected chi connectivity index (χ0v) is 18.7. The number of anilines is 1. The second-order valence-electron chi connectivity index (χ2n) is 8.06. The number of fused-ring (bicyclic) bond motifs is 2. The first kappa shape index (κ1) is 20.7. The third kappa shape index (κ3) is 3.33. The summed E-state index contributed by atoms with van der Waals surface area (Å²) < 4.78 is 7.66. The first-order chi connectivity index (χ1) is 17.1. The van der Waals surface area contributed by atoms with E-state index in [9.17, 15) is 4.79 Å². The fourth-order valence-corrected chi connectivity index (χ4v) is 4.39. The van der Waals surface area contributed by atoms with Gasteiger partial charge in [-0.1, -0.05) is 48.5 Å². The van der Waals surface area contributed by atoms with Crippen molar-refractivity contribution >= 4 is 27.6 Å². The number of nitrogens with zero attached hydrogens (tertiary/aromatic N) is 6. The van der Waals surface area contributed by atoms with Crippen LogP contribution >= 0.6 is 0 Å². The molecule has 0 radical (unpaired) electrons. The second kappa shape index (κ2) is 8.14. The van der Waals surface area contributed by atoms with Crippen molar-refractivity contribution in [3.05, 3.63) is 95.7 Å². The van der Waals surface area contributed by atoms with Crippen molar-refractivity contribution in [2.24, 2.45) is 0 Å². The zero-order valence-electron chi connectivity index (χ0n) is 18.7. The minimum Gasteiger partial charge on any atom is -0.424 e. The van der Waals surface area contributed by atoms with E-state index in [0.29, 0.717) is 33.6 Å². The molecule has 0 saturated heterocycles. The lowest BCUT2D eigenvalue weighted by atomic mass is 9.96. The Hall–Kier alpha value is -4.92. The maximum absolute atomic E-state index is 13.0. The largest absolute Gasteiger partial charge is 0.424 e. The predicted molar refractivity (Wildman–Crippen MR) is 132 cm³/mol. The molecule has 6 rings (SSSR count). The lowest BCUT2D eigenvalue weighted by molar-refractivity contribution is 0.405. The van der Waals surface area contributed by atoms with Gasteiger partial charge in [-0.2, -0.15) is 5.10 Å². The van der Waals surface area contributed by atoms with Gasteiger partial charge in [-0.3, -0.25) is 9.97 Å². The maximum Gasteiger partial charge on any atom is 0.343 e. The number of hydrogen-bond acceptors (Lipinski definition) is 8. The molecule has 6 aromatic rings. The first-order valence-electron chi connectivity index (χ1n) is 11.0. The minimum atomic E-state index is -0.510. The highest BCUT2D eigenvalue weighted by molar-refractivity contribution is 5.98. The van der Waals surface area contributed by atoms with Gasteiger partial charge in [-0.15, -0.1) is 0 Å². The smallest absolute Gasteiger partial charge is 0.343 e. The Balaban J connectivity index is 1.65. The molecule has 1 atom stereocenters. The van der Waals surface area contributed by atoms with Gasteiger partial charge in [0.1, 0.15) is 35.3 Å². The Labute approximate surface area is 198 Å². The number of hydrogen-bond donors (Lipinski definition) is 1. The summed E-state index contributed by atoms with van der Waals surface area (Å²) in [5.41, 5.74) is 9.11. The van der Waals surface area contributed by atoms with Crippen LogP contribution in [0.5, 0.6) is 0 Å². The fraction of sp³-hybridized carbons (Fsp3) is 0.0769. The van der Waals surface area contributed by atoms with E-state index in [1.807, 2.05) is 55.5 Å². The molecule has 9 nitrogen and oxygen atoms in total. The van der Waals surface area contributed by atoms with Crippen molar-refractivity contribution in [2.75, 3.05) is 5.73 Å². The molecule has 0 aliphatic carbocycles. The summed E-state index contributed by atoms with van der Waals surface area (Å²) >= 11 is 0. The molecule has 2 N–H and O–H groups in total. The standard InChI is InChI=1S/C26H19N7O2/c1-15(33-25-21(24(27)30-14-31-25)22(32-33)19-13-28-11-12-29-19)23-20(16-7-3-2-4-8-16)17-9-5-6-10-18(17)26(34)35-23/h2-15H,1H3,(H2,27,30,31). The number of aromatic nitrogens is 6. The molecule has 9 heteroatoms. The van der Waals surface area contributed by atoms with Crippen LogP contribution in [0.2, 0.25) is 0 Å². The van der Waals surface area contributed by atoms with Gasteiger partial charge in [-0.25, -0.2) is 19.4 Å². The first-order valence-corrected chi connectivity index (χ1v) is 11.0. The van der Waals surface area contributed by atoms with Gasteiger partial charge in [0.25, 0.3) is 0 Å². The van der Waals surface area contributed by atoms with Crippen LogP contribution in [0.4, 0.5) is 5.82 Å². The number of nitrogens with two attached hydrogens (primary N) is 1. The molecule has 4 aromatic heterocycles. The Morgan fingerprint density at radius 1 is 0.943 bits per heavy atom. The van der Waals surface area contributed by atoms with Crippen LogP contribution < -0.4 is 11.4 Å². The molecule has 0 aliphatic rings. The van der Waals surface area contributed by atoms with Gasteiger partial charge < -0.3 is 10.2 Å². The van der Waals surface area contributed by atoms with E-state index < -0.39 is 11.7 Å². The molecule has 0 aliphatic heterocycles. The number of nitrogen functional groups attached to an aromatic ring is 1. The third-order valence-electron chi connectivity index (χ3n) is 6.00. The highest BCUT2D eigenvalue weighted by Crippen LogP contribution is 2.37. The van der Waals surface area contributed by atoms with Gasteiger partial charge >= 0.3 is 5.63 Å². The van der Waals surface area contributed by atoms with Crippen LogP contribution in [0.1, 0.15) is 18.7 Å². The normalized spacial score (nSPS) is 12.3. The van der Waals surface area contributed by atoms with E-state index in [2.05, 4.69) is 19.9 Å². The lowest BCUT2D eigenvalue weighted by Crippen LogP contribution is -2.14. The molecule has 0 saturated carbocycles. The summed E-state index contributed by atoms with van der Waals surface area (Å²) in [4.78, 5) is 30.2. The summed E-state index contributed by atoms with van der Waals surface area (Å²) in [7, 11) is 0. The zero-order chi connectivity index (χ0) is 23.9. The molecule has 0 spiro atoms. The van der Waals surface area contributed by atoms with Crippen LogP contribution in [-0.2, 0) is 0 Å². The minimum absolute atomic E-state index is 0.275. The summed E-state index contributed by atoms with van der Waals surface area (Å²) in [6.45, 7) is 1.91. The summed E-state index contributed by atoms with van der Waals surface area (Å²) in [5.74, 6) is 0.740. The van der Waals surface area contributed by atoms with E-state index in [1.54, 1.807) is 29.3 Å². The van der Waals surface area contributed by atoms with Crippen LogP contribution in [0, 0.1) is 0 Å². The predicted octanol–water partition coefficient (Wildman–Crippen LogP) is 4.25. The highest BCUT2D eigenvalue weighted by atomic mass is 16.4. The molecule has 170 valence electrons. The number of rotatable bonds is 4. The Bertz CT molecular complexity index is 1750. The molecule has 0 amide bonds.